The fourth-order valence-corrected chi connectivity index (χ4v) is 0.0786. The van der Waals surface area contributed by atoms with Gasteiger partial charge in [0.05, 0.1) is 0 Å². The molecule has 0 fully saturated rings. The van der Waals surface area contributed by atoms with Crippen molar-refractivity contribution in [1.29, 1.82) is 0 Å². The molecule has 0 heteroatoms. The van der Waals surface area contributed by atoms with Gasteiger partial charge in [-0.1, -0.05) is 24.8 Å². The summed E-state index contributed by atoms with van der Waals surface area (Å²) < 4.78 is 0. The molecule has 0 N–H and O–H groups in total. The third kappa shape index (κ3) is 3.48. The highest BCUT2D eigenvalue weighted by Crippen LogP contribution is 1.63. The Morgan fingerprint density at radius 1 is 1.60 bits per heavy atom. The fourth-order valence-electron chi connectivity index (χ4n) is 0.0786. The molecule has 0 aliphatic carbocycles. The molecule has 0 heterocycles. The molecule has 5 heavy (non-hydrogen) atoms. The predicted octanol–water partition coefficient (Wildman–Crippen LogP) is 1.37. The van der Waals surface area contributed by atoms with Gasteiger partial charge in [-0.25, -0.2) is 0 Å². The van der Waals surface area contributed by atoms with Crippen LogP contribution in [0.25, 0.3) is 0 Å². The van der Waals surface area contributed by atoms with E-state index in [0.29, 0.717) is 0 Å². The smallest absolute Gasteiger partial charge is 0.0313 e. The van der Waals surface area contributed by atoms with E-state index in [9.17, 15) is 0 Å². The predicted molar refractivity (Wildman–Crippen MR) is 23.4 cm³/mol. The van der Waals surface area contributed by atoms with Crippen LogP contribution in [0, 0.1) is 13.5 Å². The highest BCUT2D eigenvalue weighted by atomic mass is 13.5. The lowest BCUT2D eigenvalue weighted by molar-refractivity contribution is 1.97. The molecule has 2 radical (unpaired) electrons. The number of hydrogen-bond donors (Lipinski definition) is 0. The molecule has 0 aliphatic rings. The van der Waals surface area contributed by atoms with E-state index in [0.717, 1.165) is 0 Å². The van der Waals surface area contributed by atoms with Crippen LogP contribution in [-0.2, 0) is 0 Å². The second kappa shape index (κ2) is 3.48. The topological polar surface area (TPSA) is 0 Å². The number of hydrogen-bond acceptors (Lipinski definition) is 0. The highest BCUT2D eigenvalue weighted by Gasteiger charge is 1.42. The minimum Gasteiger partial charge on any atom is -0.0842 e. The van der Waals surface area contributed by atoms with Gasteiger partial charge in [-0.05, 0) is 6.92 Å². The standard InChI is InChI=1S/C5H6/c1-3-5-4-2/h1,3-5H,2H2/b3-1?,5-4+. The summed E-state index contributed by atoms with van der Waals surface area (Å²) in [5, 5.41) is 0. The highest BCUT2D eigenvalue weighted by molar-refractivity contribution is 4.96. The van der Waals surface area contributed by atoms with Crippen LogP contribution in [-0.4, -0.2) is 0 Å². The first kappa shape index (κ1) is 4.48. The quantitative estimate of drug-likeness (QED) is 0.405. The van der Waals surface area contributed by atoms with Crippen LogP contribution in [0.5, 0.6) is 0 Å². The molecule has 26 valence electrons. The van der Waals surface area contributed by atoms with E-state index in [2.05, 4.69) is 6.92 Å². The van der Waals surface area contributed by atoms with E-state index in [1.165, 1.54) is 6.08 Å². The van der Waals surface area contributed by atoms with Gasteiger partial charge < -0.3 is 0 Å². The molecule has 0 spiro atoms. The van der Waals surface area contributed by atoms with Crippen LogP contribution in [0.4, 0.5) is 0 Å². The molecule has 0 aromatic rings. The van der Waals surface area contributed by atoms with Crippen LogP contribution >= 0.6 is 0 Å². The maximum Gasteiger partial charge on any atom is -0.0313 e. The van der Waals surface area contributed by atoms with Crippen molar-refractivity contribution < 1.29 is 0 Å². The summed E-state index contributed by atoms with van der Waals surface area (Å²) >= 11 is 0. The minimum absolute atomic E-state index is 1.44. The second-order valence-corrected chi connectivity index (χ2v) is 0.621. The van der Waals surface area contributed by atoms with Crippen molar-refractivity contribution in [1.82, 2.24) is 0 Å². The fraction of sp³-hybridized carbons (Fsp3) is 0. The summed E-state index contributed by atoms with van der Waals surface area (Å²) in [6.45, 7) is 8.27. The first-order chi connectivity index (χ1) is 2.41. The Hall–Kier alpha value is -0.520. The Morgan fingerprint density at radius 2 is 2.20 bits per heavy atom. The van der Waals surface area contributed by atoms with Crippen molar-refractivity contribution in [3.05, 3.63) is 31.7 Å². The zero-order chi connectivity index (χ0) is 4.12. The number of allylic oxidation sites excluding steroid dienone is 3. The molecule has 0 atom stereocenters. The van der Waals surface area contributed by atoms with E-state index in [1.807, 2.05) is 0 Å². The molecule has 0 aromatic carbocycles. The van der Waals surface area contributed by atoms with Crippen molar-refractivity contribution in [2.45, 2.75) is 0 Å². The average molecular weight is 66.1 g/mol. The van der Waals surface area contributed by atoms with Gasteiger partial charge >= 0.3 is 0 Å². The molecule has 0 aliphatic heterocycles. The molecule has 0 unspecified atom stereocenters. The minimum atomic E-state index is 1.44. The van der Waals surface area contributed by atoms with Crippen molar-refractivity contribution in [2.24, 2.45) is 0 Å². The van der Waals surface area contributed by atoms with Crippen molar-refractivity contribution in [3.8, 4) is 0 Å². The van der Waals surface area contributed by atoms with E-state index < -0.39 is 0 Å². The van der Waals surface area contributed by atoms with Gasteiger partial charge in [0, 0.05) is 0 Å². The molecule has 0 saturated carbocycles. The molecular formula is C5H6. The third-order valence-electron chi connectivity index (χ3n) is 0.247. The van der Waals surface area contributed by atoms with Gasteiger partial charge in [0.2, 0.25) is 0 Å². The molecule has 0 saturated heterocycles. The molecule has 0 amide bonds. The monoisotopic (exact) mass is 66.0 g/mol. The Labute approximate surface area is 32.8 Å². The summed E-state index contributed by atoms with van der Waals surface area (Å²) in [4.78, 5) is 0. The van der Waals surface area contributed by atoms with Crippen molar-refractivity contribution in [3.63, 3.8) is 0 Å². The summed E-state index contributed by atoms with van der Waals surface area (Å²) in [7, 11) is 0. The van der Waals surface area contributed by atoms with Gasteiger partial charge in [-0.2, -0.15) is 0 Å². The van der Waals surface area contributed by atoms with Gasteiger partial charge in [-0.3, -0.25) is 0 Å². The van der Waals surface area contributed by atoms with Crippen LogP contribution < -0.4 is 0 Å². The Bertz CT molecular complexity index is 42.0. The SMILES string of the molecule is [CH]=C/C=C/[CH2]. The van der Waals surface area contributed by atoms with Crippen LogP contribution in [0.15, 0.2) is 18.2 Å². The van der Waals surface area contributed by atoms with Crippen LogP contribution in [0.3, 0.4) is 0 Å². The van der Waals surface area contributed by atoms with Crippen molar-refractivity contribution in [2.75, 3.05) is 0 Å². The van der Waals surface area contributed by atoms with E-state index in [-0.39, 0.29) is 0 Å². The number of rotatable bonds is 1. The lowest BCUT2D eigenvalue weighted by atomic mass is 10.5. The summed E-state index contributed by atoms with van der Waals surface area (Å²) in [5.41, 5.74) is 0. The Kier molecular flexibility index (Phi) is 3.12. The normalized spacial score (nSPS) is 9.00. The lowest BCUT2D eigenvalue weighted by Crippen LogP contribution is -1.34. The maximum absolute atomic E-state index is 4.89. The first-order valence-corrected chi connectivity index (χ1v) is 1.41. The summed E-state index contributed by atoms with van der Waals surface area (Å²) in [6.07, 6.45) is 4.73. The lowest BCUT2D eigenvalue weighted by Gasteiger charge is -1.55. The van der Waals surface area contributed by atoms with Crippen LogP contribution in [0.1, 0.15) is 0 Å². The third-order valence-corrected chi connectivity index (χ3v) is 0.247. The van der Waals surface area contributed by atoms with Gasteiger partial charge in [0.15, 0.2) is 0 Å². The first-order valence-electron chi connectivity index (χ1n) is 1.41. The summed E-state index contributed by atoms with van der Waals surface area (Å²) in [5.74, 6) is 0. The second-order valence-electron chi connectivity index (χ2n) is 0.621. The molecular weight excluding hydrogens is 60.1 g/mol. The van der Waals surface area contributed by atoms with E-state index in [1.54, 1.807) is 12.2 Å². The van der Waals surface area contributed by atoms with Crippen molar-refractivity contribution >= 4 is 0 Å². The van der Waals surface area contributed by atoms with E-state index in [4.69, 9.17) is 6.58 Å². The zero-order valence-electron chi connectivity index (χ0n) is 3.02. The molecule has 0 bridgehead atoms. The molecule has 0 aromatic heterocycles. The Balaban J connectivity index is 2.92. The van der Waals surface area contributed by atoms with Gasteiger partial charge in [-0.15, -0.1) is 0 Å². The molecule has 0 nitrogen and oxygen atoms in total. The van der Waals surface area contributed by atoms with Gasteiger partial charge in [0.1, 0.15) is 0 Å². The average Bonchev–Trinajstić information content (AvgIpc) is 1.41. The largest absolute Gasteiger partial charge is 0.0842 e. The molecule has 0 rings (SSSR count). The maximum atomic E-state index is 4.89. The van der Waals surface area contributed by atoms with E-state index >= 15 is 0 Å². The van der Waals surface area contributed by atoms with Crippen LogP contribution in [0.2, 0.25) is 0 Å². The zero-order valence-corrected chi connectivity index (χ0v) is 3.02. The Morgan fingerprint density at radius 3 is 2.20 bits per heavy atom. The van der Waals surface area contributed by atoms with Gasteiger partial charge in [0.25, 0.3) is 0 Å². The summed E-state index contributed by atoms with van der Waals surface area (Å²) in [6, 6.07) is 0.